The Morgan fingerprint density at radius 2 is 1.35 bits per heavy atom. The molecule has 0 heterocycles. The Hall–Kier alpha value is -2.56. The van der Waals surface area contributed by atoms with Crippen LogP contribution >= 0.6 is 24.0 Å². The second-order valence-corrected chi connectivity index (χ2v) is 6.24. The Kier molecular flexibility index (Phi) is 11.7. The summed E-state index contributed by atoms with van der Waals surface area (Å²) >= 11 is 0. The lowest BCUT2D eigenvalue weighted by Gasteiger charge is -2.17. The van der Waals surface area contributed by atoms with E-state index in [0.717, 1.165) is 29.2 Å². The quantitative estimate of drug-likeness (QED) is 0.268. The molecule has 0 radical (unpaired) electrons. The highest BCUT2D eigenvalue weighted by molar-refractivity contribution is 14.0. The molecule has 0 spiro atoms. The fraction of sp³-hybridized carbons (Fsp3) is 0.409. The Morgan fingerprint density at radius 3 is 1.87 bits per heavy atom. The summed E-state index contributed by atoms with van der Waals surface area (Å²) in [5.74, 6) is 4.14. The molecule has 0 unspecified atom stereocenters. The number of nitrogens with one attached hydrogen (secondary N) is 2. The van der Waals surface area contributed by atoms with Crippen molar-refractivity contribution in [1.82, 2.24) is 10.6 Å². The maximum absolute atomic E-state index is 5.52. The lowest BCUT2D eigenvalue weighted by atomic mass is 10.1. The zero-order valence-corrected chi connectivity index (χ0v) is 21.2. The van der Waals surface area contributed by atoms with Gasteiger partial charge in [-0.3, -0.25) is 0 Å². The summed E-state index contributed by atoms with van der Waals surface area (Å²) in [5, 5.41) is 6.57. The van der Waals surface area contributed by atoms with Crippen LogP contribution in [0.3, 0.4) is 0 Å². The third-order valence-corrected chi connectivity index (χ3v) is 4.50. The van der Waals surface area contributed by atoms with Crippen molar-refractivity contribution in [3.05, 3.63) is 41.5 Å². The Labute approximate surface area is 201 Å². The molecule has 2 rings (SSSR count). The summed E-state index contributed by atoms with van der Waals surface area (Å²) in [6.45, 7) is 3.64. The number of methoxy groups -OCH3 is 5. The van der Waals surface area contributed by atoms with Crippen molar-refractivity contribution in [2.45, 2.75) is 20.0 Å². The van der Waals surface area contributed by atoms with Crippen LogP contribution in [-0.2, 0) is 13.1 Å². The van der Waals surface area contributed by atoms with E-state index in [1.54, 1.807) is 35.5 Å². The summed E-state index contributed by atoms with van der Waals surface area (Å²) in [7, 11) is 8.10. The van der Waals surface area contributed by atoms with E-state index in [1.165, 1.54) is 0 Å². The van der Waals surface area contributed by atoms with Crippen LogP contribution < -0.4 is 34.3 Å². The maximum Gasteiger partial charge on any atom is 0.191 e. The highest BCUT2D eigenvalue weighted by Gasteiger charge is 2.14. The SMILES string of the molecule is CCNC(=NCc1ccc(OC)cc1OC)NCc1c(OC)cc(OC)cc1OC.I. The first-order chi connectivity index (χ1) is 14.6. The zero-order chi connectivity index (χ0) is 21.9. The molecule has 2 aromatic rings. The lowest BCUT2D eigenvalue weighted by Crippen LogP contribution is -2.37. The molecule has 0 aromatic heterocycles. The Balaban J connectivity index is 0.00000480. The molecule has 0 aliphatic heterocycles. The van der Waals surface area contributed by atoms with Crippen molar-refractivity contribution < 1.29 is 23.7 Å². The third-order valence-electron chi connectivity index (χ3n) is 4.50. The Bertz CT molecular complexity index is 836. The minimum absolute atomic E-state index is 0. The smallest absolute Gasteiger partial charge is 0.191 e. The molecule has 0 bridgehead atoms. The van der Waals surface area contributed by atoms with Gasteiger partial charge in [0.2, 0.25) is 0 Å². The van der Waals surface area contributed by atoms with Gasteiger partial charge in [-0.2, -0.15) is 0 Å². The van der Waals surface area contributed by atoms with E-state index in [9.17, 15) is 0 Å². The van der Waals surface area contributed by atoms with Crippen LogP contribution in [0.1, 0.15) is 18.1 Å². The van der Waals surface area contributed by atoms with Crippen LogP contribution in [0.15, 0.2) is 35.3 Å². The number of ether oxygens (including phenoxy) is 5. The number of rotatable bonds is 10. The molecule has 0 amide bonds. The number of halogens is 1. The van der Waals surface area contributed by atoms with E-state index in [1.807, 2.05) is 37.3 Å². The van der Waals surface area contributed by atoms with Crippen LogP contribution in [0.2, 0.25) is 0 Å². The van der Waals surface area contributed by atoms with Crippen LogP contribution in [0, 0.1) is 0 Å². The normalized spacial score (nSPS) is 10.6. The first-order valence-electron chi connectivity index (χ1n) is 9.62. The fourth-order valence-electron chi connectivity index (χ4n) is 2.91. The number of guanidine groups is 1. The topological polar surface area (TPSA) is 82.6 Å². The van der Waals surface area contributed by atoms with Crippen molar-refractivity contribution in [1.29, 1.82) is 0 Å². The third kappa shape index (κ3) is 7.27. The van der Waals surface area contributed by atoms with Gasteiger partial charge in [0, 0.05) is 30.3 Å². The first kappa shape index (κ1) is 26.5. The molecule has 0 atom stereocenters. The van der Waals surface area contributed by atoms with Gasteiger partial charge in [-0.15, -0.1) is 24.0 Å². The second-order valence-electron chi connectivity index (χ2n) is 6.24. The number of hydrogen-bond donors (Lipinski definition) is 2. The molecule has 0 fully saturated rings. The molecule has 0 aliphatic carbocycles. The zero-order valence-electron chi connectivity index (χ0n) is 18.9. The van der Waals surface area contributed by atoms with E-state index in [-0.39, 0.29) is 24.0 Å². The molecule has 0 aliphatic rings. The molecule has 8 nitrogen and oxygen atoms in total. The highest BCUT2D eigenvalue weighted by Crippen LogP contribution is 2.33. The van der Waals surface area contributed by atoms with Gasteiger partial charge < -0.3 is 34.3 Å². The number of hydrogen-bond acceptors (Lipinski definition) is 6. The van der Waals surface area contributed by atoms with E-state index in [4.69, 9.17) is 23.7 Å². The molecule has 0 saturated heterocycles. The van der Waals surface area contributed by atoms with Gasteiger partial charge >= 0.3 is 0 Å². The fourth-order valence-corrected chi connectivity index (χ4v) is 2.91. The van der Waals surface area contributed by atoms with E-state index >= 15 is 0 Å². The van der Waals surface area contributed by atoms with Crippen LogP contribution in [-0.4, -0.2) is 48.1 Å². The predicted molar refractivity (Wildman–Crippen MR) is 133 cm³/mol. The van der Waals surface area contributed by atoms with Gasteiger partial charge in [-0.1, -0.05) is 0 Å². The van der Waals surface area contributed by atoms with Gasteiger partial charge in [0.25, 0.3) is 0 Å². The molecule has 31 heavy (non-hydrogen) atoms. The highest BCUT2D eigenvalue weighted by atomic mass is 127. The van der Waals surface area contributed by atoms with Crippen molar-refractivity contribution in [3.8, 4) is 28.7 Å². The van der Waals surface area contributed by atoms with Crippen molar-refractivity contribution in [2.75, 3.05) is 42.1 Å². The summed E-state index contributed by atoms with van der Waals surface area (Å²) in [6.07, 6.45) is 0. The summed E-state index contributed by atoms with van der Waals surface area (Å²) < 4.78 is 27.0. The lowest BCUT2D eigenvalue weighted by molar-refractivity contribution is 0.368. The van der Waals surface area contributed by atoms with Crippen LogP contribution in [0.25, 0.3) is 0 Å². The van der Waals surface area contributed by atoms with Crippen molar-refractivity contribution >= 4 is 29.9 Å². The Morgan fingerprint density at radius 1 is 0.774 bits per heavy atom. The monoisotopic (exact) mass is 545 g/mol. The molecule has 0 saturated carbocycles. The molecule has 2 N–H and O–H groups in total. The molecule has 172 valence electrons. The van der Waals surface area contributed by atoms with Gasteiger partial charge in [-0.05, 0) is 19.1 Å². The van der Waals surface area contributed by atoms with Gasteiger partial charge in [-0.25, -0.2) is 4.99 Å². The molecular weight excluding hydrogens is 513 g/mol. The number of nitrogens with zero attached hydrogens (tertiary/aromatic N) is 1. The maximum atomic E-state index is 5.52. The van der Waals surface area contributed by atoms with E-state index < -0.39 is 0 Å². The van der Waals surface area contributed by atoms with E-state index in [0.29, 0.717) is 36.3 Å². The molecular formula is C22H32IN3O5. The van der Waals surface area contributed by atoms with Gasteiger partial charge in [0.1, 0.15) is 28.7 Å². The molecule has 2 aromatic carbocycles. The van der Waals surface area contributed by atoms with Gasteiger partial charge in [0.15, 0.2) is 5.96 Å². The minimum atomic E-state index is 0. The number of benzene rings is 2. The predicted octanol–water partition coefficient (Wildman–Crippen LogP) is 3.60. The first-order valence-corrected chi connectivity index (χ1v) is 9.62. The van der Waals surface area contributed by atoms with Gasteiger partial charge in [0.05, 0.1) is 54.2 Å². The summed E-state index contributed by atoms with van der Waals surface area (Å²) in [5.41, 5.74) is 1.82. The standard InChI is InChI=1S/C22H31N3O5.HI/c1-7-23-22(24-13-15-8-9-16(26-2)10-19(15)28-4)25-14-18-20(29-5)11-17(27-3)12-21(18)30-6;/h8-12H,7,13-14H2,1-6H3,(H2,23,24,25);1H. The van der Waals surface area contributed by atoms with E-state index in [2.05, 4.69) is 15.6 Å². The largest absolute Gasteiger partial charge is 0.497 e. The van der Waals surface area contributed by atoms with Crippen LogP contribution in [0.5, 0.6) is 28.7 Å². The average molecular weight is 545 g/mol. The van der Waals surface area contributed by atoms with Crippen LogP contribution in [0.4, 0.5) is 0 Å². The minimum Gasteiger partial charge on any atom is -0.497 e. The van der Waals surface area contributed by atoms with Crippen molar-refractivity contribution in [3.63, 3.8) is 0 Å². The second kappa shape index (κ2) is 13.7. The summed E-state index contributed by atoms with van der Waals surface area (Å²) in [4.78, 5) is 4.67. The number of aliphatic imine (C=N–C) groups is 1. The summed E-state index contributed by atoms with van der Waals surface area (Å²) in [6, 6.07) is 9.33. The molecule has 9 heteroatoms. The van der Waals surface area contributed by atoms with Crippen molar-refractivity contribution in [2.24, 2.45) is 4.99 Å². The average Bonchev–Trinajstić information content (AvgIpc) is 2.79.